The number of benzene rings is 1. The summed E-state index contributed by atoms with van der Waals surface area (Å²) in [6.07, 6.45) is 1.68. The van der Waals surface area contributed by atoms with Crippen LogP contribution in [0.1, 0.15) is 38.3 Å². The maximum atomic E-state index is 11.4. The standard InChI is InChI=1S/C15H20ClNO2/c1-11(12-5-3-6-13(16)9-12)17-8-4-7-15(2,10-17)14(18)19/h3,5-6,9,11H,4,7-8,10H2,1-2H3,(H,18,19). The second kappa shape index (κ2) is 5.51. The van der Waals surface area contributed by atoms with E-state index in [0.29, 0.717) is 6.54 Å². The number of likely N-dealkylation sites (tertiary alicyclic amines) is 1. The molecule has 1 N–H and O–H groups in total. The summed E-state index contributed by atoms with van der Waals surface area (Å²) in [7, 11) is 0. The van der Waals surface area contributed by atoms with E-state index in [1.54, 1.807) is 0 Å². The highest BCUT2D eigenvalue weighted by Crippen LogP contribution is 2.34. The Labute approximate surface area is 119 Å². The number of carboxylic acids is 1. The van der Waals surface area contributed by atoms with Crippen molar-refractivity contribution in [3.63, 3.8) is 0 Å². The average Bonchev–Trinajstić information content (AvgIpc) is 2.38. The molecule has 4 heteroatoms. The Kier molecular flexibility index (Phi) is 4.16. The molecular weight excluding hydrogens is 262 g/mol. The lowest BCUT2D eigenvalue weighted by Gasteiger charge is -2.40. The highest BCUT2D eigenvalue weighted by molar-refractivity contribution is 6.30. The van der Waals surface area contributed by atoms with Gasteiger partial charge in [0.25, 0.3) is 0 Å². The fourth-order valence-corrected chi connectivity index (χ4v) is 2.96. The second-order valence-corrected chi connectivity index (χ2v) is 6.11. The number of piperidine rings is 1. The molecule has 0 amide bonds. The van der Waals surface area contributed by atoms with Crippen LogP contribution in [0.25, 0.3) is 0 Å². The van der Waals surface area contributed by atoms with Crippen LogP contribution in [0.15, 0.2) is 24.3 Å². The van der Waals surface area contributed by atoms with Crippen molar-refractivity contribution in [2.75, 3.05) is 13.1 Å². The Morgan fingerprint density at radius 2 is 2.26 bits per heavy atom. The van der Waals surface area contributed by atoms with Crippen molar-refractivity contribution < 1.29 is 9.90 Å². The van der Waals surface area contributed by atoms with Crippen LogP contribution in [0.4, 0.5) is 0 Å². The zero-order valence-electron chi connectivity index (χ0n) is 11.4. The quantitative estimate of drug-likeness (QED) is 0.920. The van der Waals surface area contributed by atoms with E-state index < -0.39 is 11.4 Å². The summed E-state index contributed by atoms with van der Waals surface area (Å²) < 4.78 is 0. The van der Waals surface area contributed by atoms with Gasteiger partial charge < -0.3 is 5.11 Å². The molecule has 1 aromatic carbocycles. The summed E-state index contributed by atoms with van der Waals surface area (Å²) in [5.74, 6) is -0.699. The molecule has 2 rings (SSSR count). The van der Waals surface area contributed by atoms with Crippen LogP contribution >= 0.6 is 11.6 Å². The molecule has 2 atom stereocenters. The van der Waals surface area contributed by atoms with Crippen molar-refractivity contribution in [3.05, 3.63) is 34.9 Å². The molecule has 0 saturated carbocycles. The van der Waals surface area contributed by atoms with Gasteiger partial charge in [-0.1, -0.05) is 23.7 Å². The molecule has 0 aliphatic carbocycles. The van der Waals surface area contributed by atoms with Gasteiger partial charge in [0.15, 0.2) is 0 Å². The van der Waals surface area contributed by atoms with Gasteiger partial charge in [-0.2, -0.15) is 0 Å². The Hall–Kier alpha value is -1.06. The SMILES string of the molecule is CC(c1cccc(Cl)c1)N1CCCC(C)(C(=O)O)C1. The fourth-order valence-electron chi connectivity index (χ4n) is 2.76. The third kappa shape index (κ3) is 3.10. The fraction of sp³-hybridized carbons (Fsp3) is 0.533. The second-order valence-electron chi connectivity index (χ2n) is 5.67. The van der Waals surface area contributed by atoms with Crippen molar-refractivity contribution in [1.82, 2.24) is 4.90 Å². The molecule has 3 nitrogen and oxygen atoms in total. The van der Waals surface area contributed by atoms with Crippen LogP contribution in [0, 0.1) is 5.41 Å². The monoisotopic (exact) mass is 281 g/mol. The summed E-state index contributed by atoms with van der Waals surface area (Å²) in [6.45, 7) is 5.48. The molecule has 2 unspecified atom stereocenters. The van der Waals surface area contributed by atoms with E-state index in [0.717, 1.165) is 30.0 Å². The smallest absolute Gasteiger partial charge is 0.310 e. The average molecular weight is 282 g/mol. The molecule has 0 bridgehead atoms. The molecule has 19 heavy (non-hydrogen) atoms. The van der Waals surface area contributed by atoms with E-state index in [4.69, 9.17) is 11.6 Å². The van der Waals surface area contributed by atoms with E-state index in [2.05, 4.69) is 11.8 Å². The van der Waals surface area contributed by atoms with E-state index >= 15 is 0 Å². The highest BCUT2D eigenvalue weighted by atomic mass is 35.5. The lowest BCUT2D eigenvalue weighted by atomic mass is 9.81. The molecule has 1 aromatic rings. The first-order valence-corrected chi connectivity index (χ1v) is 7.03. The first kappa shape index (κ1) is 14.4. The first-order chi connectivity index (χ1) is 8.92. The summed E-state index contributed by atoms with van der Waals surface area (Å²) in [4.78, 5) is 13.6. The summed E-state index contributed by atoms with van der Waals surface area (Å²) >= 11 is 6.02. The molecule has 1 aliphatic rings. The normalized spacial score (nSPS) is 26.1. The number of rotatable bonds is 3. The Bertz CT molecular complexity index is 477. The van der Waals surface area contributed by atoms with Gasteiger partial charge in [-0.3, -0.25) is 9.69 Å². The third-order valence-electron chi connectivity index (χ3n) is 4.12. The lowest BCUT2D eigenvalue weighted by Crippen LogP contribution is -2.46. The molecule has 1 aliphatic heterocycles. The Morgan fingerprint density at radius 3 is 2.89 bits per heavy atom. The molecule has 0 spiro atoms. The Morgan fingerprint density at radius 1 is 1.53 bits per heavy atom. The predicted molar refractivity (Wildman–Crippen MR) is 76.4 cm³/mol. The Balaban J connectivity index is 2.15. The van der Waals surface area contributed by atoms with Gasteiger partial charge in [-0.15, -0.1) is 0 Å². The van der Waals surface area contributed by atoms with Crippen LogP contribution in [0.2, 0.25) is 5.02 Å². The van der Waals surface area contributed by atoms with E-state index in [1.807, 2.05) is 31.2 Å². The summed E-state index contributed by atoms with van der Waals surface area (Å²) in [6, 6.07) is 7.99. The number of carbonyl (C=O) groups is 1. The molecule has 0 radical (unpaired) electrons. The molecule has 0 aromatic heterocycles. The largest absolute Gasteiger partial charge is 0.481 e. The molecule has 104 valence electrons. The van der Waals surface area contributed by atoms with Gasteiger partial charge in [0, 0.05) is 17.6 Å². The third-order valence-corrected chi connectivity index (χ3v) is 4.36. The number of hydrogen-bond donors (Lipinski definition) is 1. The lowest BCUT2D eigenvalue weighted by molar-refractivity contribution is -0.151. The van der Waals surface area contributed by atoms with Crippen molar-refractivity contribution in [1.29, 1.82) is 0 Å². The first-order valence-electron chi connectivity index (χ1n) is 6.65. The molecular formula is C15H20ClNO2. The zero-order valence-corrected chi connectivity index (χ0v) is 12.2. The number of halogens is 1. The van der Waals surface area contributed by atoms with Crippen LogP contribution in [-0.4, -0.2) is 29.1 Å². The van der Waals surface area contributed by atoms with Crippen molar-refractivity contribution in [2.45, 2.75) is 32.7 Å². The van der Waals surface area contributed by atoms with Crippen LogP contribution in [0.3, 0.4) is 0 Å². The highest BCUT2D eigenvalue weighted by Gasteiger charge is 2.39. The van der Waals surface area contributed by atoms with Gasteiger partial charge in [0.1, 0.15) is 0 Å². The maximum absolute atomic E-state index is 11.4. The minimum Gasteiger partial charge on any atom is -0.481 e. The van der Waals surface area contributed by atoms with E-state index in [-0.39, 0.29) is 6.04 Å². The van der Waals surface area contributed by atoms with Crippen LogP contribution < -0.4 is 0 Å². The van der Waals surface area contributed by atoms with Gasteiger partial charge in [-0.25, -0.2) is 0 Å². The van der Waals surface area contributed by atoms with Crippen LogP contribution in [0.5, 0.6) is 0 Å². The minimum absolute atomic E-state index is 0.192. The van der Waals surface area contributed by atoms with Gasteiger partial charge in [0.2, 0.25) is 0 Å². The van der Waals surface area contributed by atoms with Gasteiger partial charge in [0.05, 0.1) is 5.41 Å². The number of carboxylic acid groups (broad SMARTS) is 1. The molecule has 1 fully saturated rings. The maximum Gasteiger partial charge on any atom is 0.310 e. The molecule has 1 heterocycles. The van der Waals surface area contributed by atoms with Crippen molar-refractivity contribution in [3.8, 4) is 0 Å². The van der Waals surface area contributed by atoms with Crippen LogP contribution in [-0.2, 0) is 4.79 Å². The summed E-state index contributed by atoms with van der Waals surface area (Å²) in [5, 5.41) is 10.1. The minimum atomic E-state index is -0.699. The topological polar surface area (TPSA) is 40.5 Å². The number of nitrogens with zero attached hydrogens (tertiary/aromatic N) is 1. The zero-order chi connectivity index (χ0) is 14.0. The summed E-state index contributed by atoms with van der Waals surface area (Å²) in [5.41, 5.74) is 0.507. The van der Waals surface area contributed by atoms with E-state index in [9.17, 15) is 9.90 Å². The number of aliphatic carboxylic acids is 1. The van der Waals surface area contributed by atoms with Gasteiger partial charge >= 0.3 is 5.97 Å². The van der Waals surface area contributed by atoms with Crippen molar-refractivity contribution >= 4 is 17.6 Å². The number of hydrogen-bond acceptors (Lipinski definition) is 2. The predicted octanol–water partition coefficient (Wildman–Crippen LogP) is 3.59. The van der Waals surface area contributed by atoms with E-state index in [1.165, 1.54) is 0 Å². The van der Waals surface area contributed by atoms with Gasteiger partial charge in [-0.05, 0) is 50.9 Å². The van der Waals surface area contributed by atoms with Crippen molar-refractivity contribution in [2.24, 2.45) is 5.41 Å². The molecule has 1 saturated heterocycles.